The van der Waals surface area contributed by atoms with Crippen molar-refractivity contribution in [2.75, 3.05) is 6.61 Å². The molecule has 2 rings (SSSR count). The number of ketones is 1. The van der Waals surface area contributed by atoms with E-state index in [2.05, 4.69) is 0 Å². The monoisotopic (exact) mass is 300 g/mol. The number of carbonyl (C=O) groups excluding carboxylic acids is 1. The molecule has 0 unspecified atom stereocenters. The van der Waals surface area contributed by atoms with Crippen LogP contribution in [0.25, 0.3) is 0 Å². The first-order valence-electron chi connectivity index (χ1n) is 6.24. The van der Waals surface area contributed by atoms with Crippen LogP contribution in [-0.4, -0.2) is 55.6 Å². The van der Waals surface area contributed by atoms with Crippen LogP contribution in [0.1, 0.15) is 12.5 Å². The van der Waals surface area contributed by atoms with E-state index in [0.29, 0.717) is 0 Å². The number of aryl methyl sites for hydroxylation is 1. The zero-order valence-electron chi connectivity index (χ0n) is 11.4. The van der Waals surface area contributed by atoms with Gasteiger partial charge in [-0.25, -0.2) is 4.79 Å². The van der Waals surface area contributed by atoms with Gasteiger partial charge in [0.05, 0.1) is 6.61 Å². The predicted molar refractivity (Wildman–Crippen MR) is 68.7 cm³/mol. The van der Waals surface area contributed by atoms with E-state index in [0.717, 1.165) is 17.7 Å². The minimum absolute atomic E-state index is 0.118. The number of rotatable bonds is 3. The van der Waals surface area contributed by atoms with Gasteiger partial charge in [-0.2, -0.15) is 0 Å². The van der Waals surface area contributed by atoms with Gasteiger partial charge in [0, 0.05) is 11.8 Å². The Kier molecular flexibility index (Phi) is 3.85. The second-order valence-electron chi connectivity index (χ2n) is 4.97. The van der Waals surface area contributed by atoms with E-state index in [1.54, 1.807) is 0 Å². The molecule has 0 aliphatic carbocycles. The van der Waals surface area contributed by atoms with Gasteiger partial charge in [-0.3, -0.25) is 19.1 Å². The smallest absolute Gasteiger partial charge is 0.331 e. The van der Waals surface area contributed by atoms with Gasteiger partial charge < -0.3 is 20.1 Å². The fourth-order valence-corrected chi connectivity index (χ4v) is 2.42. The molecule has 0 saturated carbocycles. The summed E-state index contributed by atoms with van der Waals surface area (Å²) in [4.78, 5) is 37.4. The van der Waals surface area contributed by atoms with Gasteiger partial charge in [0.25, 0.3) is 5.56 Å². The van der Waals surface area contributed by atoms with Crippen LogP contribution >= 0.6 is 0 Å². The number of hydrogen-bond donors (Lipinski definition) is 4. The molecule has 116 valence electrons. The molecule has 9 heteroatoms. The van der Waals surface area contributed by atoms with Crippen molar-refractivity contribution in [1.82, 2.24) is 9.55 Å². The van der Waals surface area contributed by atoms with Crippen molar-refractivity contribution >= 4 is 5.78 Å². The Balaban J connectivity index is 2.71. The van der Waals surface area contributed by atoms with E-state index in [1.807, 2.05) is 4.98 Å². The Hall–Kier alpha value is -1.81. The Morgan fingerprint density at radius 2 is 2.10 bits per heavy atom. The highest BCUT2D eigenvalue weighted by atomic mass is 16.6. The average Bonchev–Trinajstić information content (AvgIpc) is 2.68. The predicted octanol–water partition coefficient (Wildman–Crippen LogP) is -2.80. The SMILES string of the molecule is CC(=O)[C@@]1(n2cc(C)c(=O)[nH]c2=O)O[C@H](CO)[C@@H](O)[C@H]1O. The molecule has 9 nitrogen and oxygen atoms in total. The maximum atomic E-state index is 12.0. The maximum Gasteiger partial charge on any atom is 0.331 e. The van der Waals surface area contributed by atoms with E-state index < -0.39 is 47.7 Å². The van der Waals surface area contributed by atoms with Crippen LogP contribution in [0, 0.1) is 6.92 Å². The number of aliphatic hydroxyl groups excluding tert-OH is 3. The number of H-pyrrole nitrogens is 1. The minimum Gasteiger partial charge on any atom is -0.394 e. The average molecular weight is 300 g/mol. The minimum atomic E-state index is -2.20. The molecular formula is C12H16N2O7. The van der Waals surface area contributed by atoms with Crippen molar-refractivity contribution in [2.24, 2.45) is 0 Å². The van der Waals surface area contributed by atoms with E-state index >= 15 is 0 Å². The quantitative estimate of drug-likeness (QED) is 0.472. The summed E-state index contributed by atoms with van der Waals surface area (Å²) >= 11 is 0. The van der Waals surface area contributed by atoms with Crippen molar-refractivity contribution in [3.8, 4) is 0 Å². The Morgan fingerprint density at radius 3 is 2.57 bits per heavy atom. The molecule has 4 atom stereocenters. The maximum absolute atomic E-state index is 12.0. The molecule has 1 aliphatic heterocycles. The summed E-state index contributed by atoms with van der Waals surface area (Å²) in [5.41, 5.74) is -3.68. The molecule has 0 aromatic carbocycles. The van der Waals surface area contributed by atoms with Crippen molar-refractivity contribution in [3.05, 3.63) is 32.6 Å². The van der Waals surface area contributed by atoms with Gasteiger partial charge in [0.2, 0.25) is 5.72 Å². The van der Waals surface area contributed by atoms with E-state index in [-0.39, 0.29) is 5.56 Å². The number of aliphatic hydroxyl groups is 3. The molecule has 0 amide bonds. The molecule has 1 aliphatic rings. The summed E-state index contributed by atoms with van der Waals surface area (Å²) in [6, 6.07) is 0. The van der Waals surface area contributed by atoms with Crippen LogP contribution in [0.4, 0.5) is 0 Å². The standard InChI is InChI=1S/C12H16N2O7/c1-5-3-14(11(20)13-10(5)19)12(6(2)16)9(18)8(17)7(4-15)21-12/h3,7-9,15,17-18H,4H2,1-2H3,(H,13,19,20)/t7-,8-,9-,12-/m1/s1. The lowest BCUT2D eigenvalue weighted by Gasteiger charge is -2.31. The van der Waals surface area contributed by atoms with Crippen LogP contribution in [-0.2, 0) is 15.3 Å². The lowest BCUT2D eigenvalue weighted by Crippen LogP contribution is -2.56. The van der Waals surface area contributed by atoms with E-state index in [1.165, 1.54) is 6.92 Å². The van der Waals surface area contributed by atoms with E-state index in [4.69, 9.17) is 9.84 Å². The van der Waals surface area contributed by atoms with Gasteiger partial charge >= 0.3 is 5.69 Å². The van der Waals surface area contributed by atoms with Gasteiger partial charge in [-0.1, -0.05) is 0 Å². The lowest BCUT2D eigenvalue weighted by molar-refractivity contribution is -0.173. The molecule has 0 spiro atoms. The number of carbonyl (C=O) groups is 1. The summed E-state index contributed by atoms with van der Waals surface area (Å²) in [5.74, 6) is -0.751. The summed E-state index contributed by atoms with van der Waals surface area (Å²) < 4.78 is 6.02. The number of aromatic nitrogens is 2. The number of aromatic amines is 1. The van der Waals surface area contributed by atoms with Crippen LogP contribution in [0.5, 0.6) is 0 Å². The van der Waals surface area contributed by atoms with Crippen LogP contribution < -0.4 is 11.2 Å². The van der Waals surface area contributed by atoms with Crippen molar-refractivity contribution < 1.29 is 24.9 Å². The number of ether oxygens (including phenoxy) is 1. The van der Waals surface area contributed by atoms with Crippen molar-refractivity contribution in [3.63, 3.8) is 0 Å². The molecule has 1 fully saturated rings. The molecule has 2 heterocycles. The van der Waals surface area contributed by atoms with Gasteiger partial charge in [0.15, 0.2) is 5.78 Å². The highest BCUT2D eigenvalue weighted by Gasteiger charge is 2.59. The molecule has 21 heavy (non-hydrogen) atoms. The third-order valence-electron chi connectivity index (χ3n) is 3.60. The first-order valence-corrected chi connectivity index (χ1v) is 6.24. The topological polar surface area (TPSA) is 142 Å². The summed E-state index contributed by atoms with van der Waals surface area (Å²) in [6.45, 7) is 1.83. The first-order chi connectivity index (χ1) is 9.75. The van der Waals surface area contributed by atoms with Crippen LogP contribution in [0.2, 0.25) is 0 Å². The van der Waals surface area contributed by atoms with Crippen LogP contribution in [0.3, 0.4) is 0 Å². The zero-order chi connectivity index (χ0) is 15.9. The largest absolute Gasteiger partial charge is 0.394 e. The van der Waals surface area contributed by atoms with Crippen molar-refractivity contribution in [1.29, 1.82) is 0 Å². The molecule has 0 radical (unpaired) electrons. The fraction of sp³-hybridized carbons (Fsp3) is 0.583. The highest BCUT2D eigenvalue weighted by molar-refractivity contribution is 5.84. The Morgan fingerprint density at radius 1 is 1.48 bits per heavy atom. The molecule has 1 aromatic heterocycles. The fourth-order valence-electron chi connectivity index (χ4n) is 2.42. The molecule has 4 N–H and O–H groups in total. The van der Waals surface area contributed by atoms with Crippen LogP contribution in [0.15, 0.2) is 15.8 Å². The van der Waals surface area contributed by atoms with Gasteiger partial charge in [0.1, 0.15) is 18.3 Å². The summed E-state index contributed by atoms with van der Waals surface area (Å²) in [6.07, 6.45) is -3.49. The molecule has 1 aromatic rings. The molecule has 0 bridgehead atoms. The summed E-state index contributed by atoms with van der Waals surface area (Å²) in [5, 5.41) is 29.1. The van der Waals surface area contributed by atoms with Gasteiger partial charge in [-0.05, 0) is 13.8 Å². The zero-order valence-corrected chi connectivity index (χ0v) is 11.4. The Labute approximate surface area is 118 Å². The summed E-state index contributed by atoms with van der Waals surface area (Å²) in [7, 11) is 0. The lowest BCUT2D eigenvalue weighted by atomic mass is 9.98. The normalized spacial score (nSPS) is 32.3. The second-order valence-corrected chi connectivity index (χ2v) is 4.97. The Bertz CT molecular complexity index is 679. The number of hydrogen-bond acceptors (Lipinski definition) is 7. The highest BCUT2D eigenvalue weighted by Crippen LogP contribution is 2.35. The number of nitrogens with zero attached hydrogens (tertiary/aromatic N) is 1. The first kappa shape index (κ1) is 15.6. The third kappa shape index (κ3) is 2.14. The number of nitrogens with one attached hydrogen (secondary N) is 1. The molecule has 1 saturated heterocycles. The van der Waals surface area contributed by atoms with E-state index in [9.17, 15) is 24.6 Å². The van der Waals surface area contributed by atoms with Gasteiger partial charge in [-0.15, -0.1) is 0 Å². The van der Waals surface area contributed by atoms with Crippen molar-refractivity contribution in [2.45, 2.75) is 37.9 Å². The molecular weight excluding hydrogens is 284 g/mol. The third-order valence-corrected chi connectivity index (χ3v) is 3.60. The second kappa shape index (κ2) is 5.19. The number of Topliss-reactive ketones (excluding diaryl/α,β-unsaturated/α-hetero) is 1.